The molecule has 3 aliphatic rings. The molecule has 0 spiro atoms. The normalized spacial score (nSPS) is 27.5. The fourth-order valence-corrected chi connectivity index (χ4v) is 2.88. The van der Waals surface area contributed by atoms with Crippen LogP contribution in [0.1, 0.15) is 32.6 Å². The Morgan fingerprint density at radius 3 is 2.40 bits per heavy atom. The van der Waals surface area contributed by atoms with Gasteiger partial charge in [0.2, 0.25) is 0 Å². The molecule has 2 fully saturated rings. The highest BCUT2D eigenvalue weighted by Gasteiger charge is 2.44. The van der Waals surface area contributed by atoms with E-state index in [2.05, 4.69) is 17.2 Å². The molecule has 1 atom stereocenters. The van der Waals surface area contributed by atoms with Gasteiger partial charge in [-0.2, -0.15) is 0 Å². The average molecular weight is 208 g/mol. The van der Waals surface area contributed by atoms with Crippen molar-refractivity contribution in [1.82, 2.24) is 5.32 Å². The molecule has 0 amide bonds. The molecular weight excluding hydrogens is 188 g/mol. The van der Waals surface area contributed by atoms with Crippen LogP contribution in [0.25, 0.3) is 0 Å². The molecule has 1 N–H and O–H groups in total. The minimum atomic E-state index is 0.543. The Labute approximate surface area is 91.3 Å². The molecule has 3 nitrogen and oxygen atoms in total. The summed E-state index contributed by atoms with van der Waals surface area (Å²) in [6.07, 6.45) is 5.78. The zero-order valence-corrected chi connectivity index (χ0v) is 9.41. The first-order valence-corrected chi connectivity index (χ1v) is 6.28. The summed E-state index contributed by atoms with van der Waals surface area (Å²) >= 11 is 0. The van der Waals surface area contributed by atoms with E-state index in [9.17, 15) is 0 Å². The van der Waals surface area contributed by atoms with Crippen LogP contribution < -0.4 is 5.32 Å². The van der Waals surface area contributed by atoms with Crippen LogP contribution in [-0.4, -0.2) is 25.2 Å². The first-order chi connectivity index (χ1) is 7.34. The Morgan fingerprint density at radius 1 is 1.27 bits per heavy atom. The van der Waals surface area contributed by atoms with Gasteiger partial charge in [-0.05, 0) is 50.4 Å². The Morgan fingerprint density at radius 2 is 1.93 bits per heavy atom. The molecule has 1 aliphatic heterocycles. The number of nitrogens with zero attached hydrogens (tertiary/aromatic N) is 1. The average Bonchev–Trinajstić information content (AvgIpc) is 3.12. The Kier molecular flexibility index (Phi) is 2.33. The van der Waals surface area contributed by atoms with E-state index in [-0.39, 0.29) is 0 Å². The second-order valence-electron chi connectivity index (χ2n) is 5.22. The van der Waals surface area contributed by atoms with Crippen LogP contribution in [0.3, 0.4) is 0 Å². The predicted molar refractivity (Wildman–Crippen MR) is 59.8 cm³/mol. The molecular formula is C12H20N2O. The summed E-state index contributed by atoms with van der Waals surface area (Å²) in [5.41, 5.74) is 0. The van der Waals surface area contributed by atoms with Crippen LogP contribution in [-0.2, 0) is 4.74 Å². The third kappa shape index (κ3) is 2.11. The van der Waals surface area contributed by atoms with Crippen molar-refractivity contribution in [3.05, 3.63) is 0 Å². The third-order valence-electron chi connectivity index (χ3n) is 3.85. The summed E-state index contributed by atoms with van der Waals surface area (Å²) in [5, 5.41) is 3.45. The lowest BCUT2D eigenvalue weighted by atomic mass is 9.91. The molecule has 0 bridgehead atoms. The first-order valence-electron chi connectivity index (χ1n) is 6.28. The zero-order valence-electron chi connectivity index (χ0n) is 9.41. The van der Waals surface area contributed by atoms with Crippen LogP contribution in [0, 0.1) is 17.8 Å². The quantitative estimate of drug-likeness (QED) is 0.764. The fourth-order valence-electron chi connectivity index (χ4n) is 2.88. The molecule has 0 aromatic carbocycles. The van der Waals surface area contributed by atoms with Gasteiger partial charge in [0.1, 0.15) is 6.61 Å². The van der Waals surface area contributed by atoms with Gasteiger partial charge in [0.05, 0.1) is 6.54 Å². The maximum atomic E-state index is 5.41. The van der Waals surface area contributed by atoms with E-state index in [1.165, 1.54) is 25.7 Å². The van der Waals surface area contributed by atoms with Crippen LogP contribution in [0.2, 0.25) is 0 Å². The minimum Gasteiger partial charge on any atom is -0.463 e. The molecule has 2 saturated carbocycles. The highest BCUT2D eigenvalue weighted by molar-refractivity contribution is 5.75. The van der Waals surface area contributed by atoms with Crippen molar-refractivity contribution in [3.8, 4) is 0 Å². The van der Waals surface area contributed by atoms with Crippen molar-refractivity contribution in [1.29, 1.82) is 0 Å². The van der Waals surface area contributed by atoms with E-state index in [1.807, 2.05) is 0 Å². The molecule has 0 aromatic heterocycles. The van der Waals surface area contributed by atoms with Gasteiger partial charge < -0.3 is 10.1 Å². The van der Waals surface area contributed by atoms with E-state index in [0.29, 0.717) is 6.04 Å². The number of hydrogen-bond acceptors (Lipinski definition) is 3. The summed E-state index contributed by atoms with van der Waals surface area (Å²) in [6, 6.07) is 1.33. The van der Waals surface area contributed by atoms with Gasteiger partial charge in [-0.15, -0.1) is 0 Å². The van der Waals surface area contributed by atoms with Gasteiger partial charge >= 0.3 is 0 Å². The Bertz CT molecular complexity index is 257. The molecule has 3 heteroatoms. The van der Waals surface area contributed by atoms with Crippen LogP contribution in [0.4, 0.5) is 0 Å². The van der Waals surface area contributed by atoms with Crippen molar-refractivity contribution >= 4 is 6.02 Å². The molecule has 15 heavy (non-hydrogen) atoms. The summed E-state index contributed by atoms with van der Waals surface area (Å²) in [6.45, 7) is 3.88. The maximum absolute atomic E-state index is 5.41. The molecule has 0 saturated heterocycles. The molecule has 1 heterocycles. The number of aliphatic imine (C=N–C) groups is 1. The van der Waals surface area contributed by atoms with E-state index in [1.54, 1.807) is 0 Å². The molecule has 0 radical (unpaired) electrons. The van der Waals surface area contributed by atoms with Crippen molar-refractivity contribution in [2.75, 3.05) is 13.2 Å². The van der Waals surface area contributed by atoms with Gasteiger partial charge in [-0.3, -0.25) is 0 Å². The number of nitrogens with one attached hydrogen (secondary N) is 1. The summed E-state index contributed by atoms with van der Waals surface area (Å²) in [4.78, 5) is 4.30. The maximum Gasteiger partial charge on any atom is 0.285 e. The van der Waals surface area contributed by atoms with Crippen molar-refractivity contribution in [2.45, 2.75) is 38.6 Å². The largest absolute Gasteiger partial charge is 0.463 e. The van der Waals surface area contributed by atoms with Gasteiger partial charge in [-0.25, -0.2) is 4.99 Å². The van der Waals surface area contributed by atoms with Crippen molar-refractivity contribution in [3.63, 3.8) is 0 Å². The Balaban J connectivity index is 1.58. The lowest BCUT2D eigenvalue weighted by Gasteiger charge is -2.25. The fraction of sp³-hybridized carbons (Fsp3) is 0.917. The molecule has 1 unspecified atom stereocenters. The summed E-state index contributed by atoms with van der Waals surface area (Å²) < 4.78 is 5.41. The zero-order chi connectivity index (χ0) is 10.3. The van der Waals surface area contributed by atoms with E-state index in [4.69, 9.17) is 4.74 Å². The SMILES string of the molecule is CC(NC1=NCCO1)C(C1CC1)C1CC1. The number of hydrogen-bond donors (Lipinski definition) is 1. The molecule has 3 rings (SSSR count). The lowest BCUT2D eigenvalue weighted by Crippen LogP contribution is -2.40. The number of amidine groups is 1. The van der Waals surface area contributed by atoms with E-state index >= 15 is 0 Å². The summed E-state index contributed by atoms with van der Waals surface area (Å²) in [5.74, 6) is 2.85. The third-order valence-corrected chi connectivity index (χ3v) is 3.85. The smallest absolute Gasteiger partial charge is 0.285 e. The van der Waals surface area contributed by atoms with Crippen molar-refractivity contribution < 1.29 is 4.74 Å². The van der Waals surface area contributed by atoms with Gasteiger partial charge in [0.15, 0.2) is 0 Å². The van der Waals surface area contributed by atoms with Crippen molar-refractivity contribution in [2.24, 2.45) is 22.7 Å². The minimum absolute atomic E-state index is 0.543. The standard InChI is InChI=1S/C12H20N2O/c1-8(14-12-13-6-7-15-12)11(9-2-3-9)10-4-5-10/h8-11H,2-7H2,1H3,(H,13,14). The highest BCUT2D eigenvalue weighted by Crippen LogP contribution is 2.50. The Hall–Kier alpha value is -0.730. The molecule has 0 aromatic rings. The van der Waals surface area contributed by atoms with Crippen LogP contribution in [0.15, 0.2) is 4.99 Å². The number of ether oxygens (including phenoxy) is 1. The van der Waals surface area contributed by atoms with Crippen LogP contribution >= 0.6 is 0 Å². The van der Waals surface area contributed by atoms with Gasteiger partial charge in [0, 0.05) is 6.04 Å². The van der Waals surface area contributed by atoms with E-state index in [0.717, 1.165) is 36.9 Å². The summed E-state index contributed by atoms with van der Waals surface area (Å²) in [7, 11) is 0. The van der Waals surface area contributed by atoms with Gasteiger partial charge in [0.25, 0.3) is 6.02 Å². The second kappa shape index (κ2) is 3.69. The predicted octanol–water partition coefficient (Wildman–Crippen LogP) is 1.79. The second-order valence-corrected chi connectivity index (χ2v) is 5.22. The first kappa shape index (κ1) is 9.49. The van der Waals surface area contributed by atoms with Gasteiger partial charge in [-0.1, -0.05) is 0 Å². The molecule has 2 aliphatic carbocycles. The molecule has 84 valence electrons. The number of rotatable bonds is 4. The highest BCUT2D eigenvalue weighted by atomic mass is 16.5. The lowest BCUT2D eigenvalue weighted by molar-refractivity contribution is 0.286. The topological polar surface area (TPSA) is 33.6 Å². The van der Waals surface area contributed by atoms with Crippen LogP contribution in [0.5, 0.6) is 0 Å². The van der Waals surface area contributed by atoms with E-state index < -0.39 is 0 Å². The monoisotopic (exact) mass is 208 g/mol.